The normalized spacial score (nSPS) is 10.1. The van der Waals surface area contributed by atoms with Gasteiger partial charge in [-0.3, -0.25) is 4.79 Å². The smallest absolute Gasteiger partial charge is 0.281 e. The molecule has 68 valence electrons. The molecule has 0 fully saturated rings. The zero-order valence-electron chi connectivity index (χ0n) is 6.14. The third-order valence-electron chi connectivity index (χ3n) is 1.39. The van der Waals surface area contributed by atoms with Crippen LogP contribution < -0.4 is 5.43 Å². The van der Waals surface area contributed by atoms with Gasteiger partial charge in [0, 0.05) is 6.20 Å². The maximum absolute atomic E-state index is 12.7. The lowest BCUT2D eigenvalue weighted by Gasteiger charge is -2.00. The minimum absolute atomic E-state index is 0.526. The Hall–Kier alpha value is -1.77. The third kappa shape index (κ3) is 1.54. The second-order valence-corrected chi connectivity index (χ2v) is 2.17. The van der Waals surface area contributed by atoms with Crippen LogP contribution in [0.3, 0.4) is 0 Å². The molecule has 0 bridgehead atoms. The van der Waals surface area contributed by atoms with Crippen LogP contribution in [-0.2, 0) is 0 Å². The lowest BCUT2D eigenvalue weighted by Crippen LogP contribution is -2.15. The number of hydrogen-bond donors (Lipinski definition) is 1. The summed E-state index contributed by atoms with van der Waals surface area (Å²) in [7, 11) is 0. The van der Waals surface area contributed by atoms with Crippen molar-refractivity contribution in [2.24, 2.45) is 0 Å². The highest BCUT2D eigenvalue weighted by Crippen LogP contribution is 2.16. The van der Waals surface area contributed by atoms with E-state index in [1.807, 2.05) is 4.98 Å². The van der Waals surface area contributed by atoms with Crippen LogP contribution in [0.1, 0.15) is 17.7 Å². The summed E-state index contributed by atoms with van der Waals surface area (Å²) in [5.74, 6) is -1.60. The molecule has 0 aliphatic heterocycles. The molecule has 0 saturated carbocycles. The molecule has 1 heterocycles. The monoisotopic (exact) mass is 188 g/mol. The van der Waals surface area contributed by atoms with Crippen LogP contribution in [0.25, 0.3) is 0 Å². The number of pyridine rings is 1. The Balaban J connectivity index is 3.43. The number of nitrogens with one attached hydrogen (secondary N) is 1. The number of nitriles is 1. The Kier molecular flexibility index (Phi) is 2.37. The SMILES string of the molecule is N#Cc1c[nH]c(C(F)F)c(F)c1=O. The lowest BCUT2D eigenvalue weighted by atomic mass is 10.2. The summed E-state index contributed by atoms with van der Waals surface area (Å²) >= 11 is 0. The van der Waals surface area contributed by atoms with Crippen LogP contribution in [0.4, 0.5) is 13.2 Å². The number of H-pyrrole nitrogens is 1. The summed E-state index contributed by atoms with van der Waals surface area (Å²) < 4.78 is 36.6. The molecule has 6 heteroatoms. The van der Waals surface area contributed by atoms with E-state index < -0.39 is 28.9 Å². The van der Waals surface area contributed by atoms with E-state index in [1.54, 1.807) is 0 Å². The maximum Gasteiger partial charge on any atom is 0.281 e. The summed E-state index contributed by atoms with van der Waals surface area (Å²) in [6.45, 7) is 0. The molecule has 1 aromatic heterocycles. The molecular formula is C7H3F3N2O. The molecule has 0 aliphatic rings. The number of alkyl halides is 2. The van der Waals surface area contributed by atoms with Crippen molar-refractivity contribution >= 4 is 0 Å². The van der Waals surface area contributed by atoms with Crippen molar-refractivity contribution in [2.75, 3.05) is 0 Å². The van der Waals surface area contributed by atoms with Crippen molar-refractivity contribution in [3.8, 4) is 6.07 Å². The van der Waals surface area contributed by atoms with E-state index in [-0.39, 0.29) is 0 Å². The van der Waals surface area contributed by atoms with Crippen LogP contribution in [0, 0.1) is 17.1 Å². The number of rotatable bonds is 1. The fourth-order valence-electron chi connectivity index (χ4n) is 0.761. The van der Waals surface area contributed by atoms with E-state index in [1.165, 1.54) is 6.07 Å². The first-order valence-corrected chi connectivity index (χ1v) is 3.17. The van der Waals surface area contributed by atoms with E-state index in [9.17, 15) is 18.0 Å². The Morgan fingerprint density at radius 2 is 2.15 bits per heavy atom. The first-order valence-electron chi connectivity index (χ1n) is 3.17. The molecule has 0 aromatic carbocycles. The number of hydrogen-bond acceptors (Lipinski definition) is 2. The summed E-state index contributed by atoms with van der Waals surface area (Å²) in [5.41, 5.74) is -2.93. The van der Waals surface area contributed by atoms with Crippen molar-refractivity contribution in [1.29, 1.82) is 5.26 Å². The molecule has 0 spiro atoms. The highest BCUT2D eigenvalue weighted by Gasteiger charge is 2.18. The molecule has 0 unspecified atom stereocenters. The Morgan fingerprint density at radius 1 is 1.54 bits per heavy atom. The molecule has 13 heavy (non-hydrogen) atoms. The average Bonchev–Trinajstić information content (AvgIpc) is 2.09. The molecule has 3 nitrogen and oxygen atoms in total. The number of aromatic nitrogens is 1. The van der Waals surface area contributed by atoms with Gasteiger partial charge in [-0.05, 0) is 0 Å². The van der Waals surface area contributed by atoms with Gasteiger partial charge < -0.3 is 4.98 Å². The number of nitrogens with zero attached hydrogens (tertiary/aromatic N) is 1. The summed E-state index contributed by atoms with van der Waals surface area (Å²) in [6, 6.07) is 1.37. The predicted octanol–water partition coefficient (Wildman–Crippen LogP) is 1.32. The fraction of sp³-hybridized carbons (Fsp3) is 0.143. The minimum atomic E-state index is -3.10. The van der Waals surface area contributed by atoms with Gasteiger partial charge in [0.15, 0.2) is 5.82 Å². The van der Waals surface area contributed by atoms with E-state index in [4.69, 9.17) is 5.26 Å². The molecule has 0 aliphatic carbocycles. The molecule has 0 radical (unpaired) electrons. The summed E-state index contributed by atoms with van der Waals surface area (Å²) in [4.78, 5) is 12.6. The van der Waals surface area contributed by atoms with Gasteiger partial charge in [-0.2, -0.15) is 5.26 Å². The first kappa shape index (κ1) is 9.32. The van der Waals surface area contributed by atoms with Crippen LogP contribution in [0.2, 0.25) is 0 Å². The quantitative estimate of drug-likeness (QED) is 0.722. The zero-order valence-corrected chi connectivity index (χ0v) is 6.14. The molecule has 0 saturated heterocycles. The molecule has 0 atom stereocenters. The predicted molar refractivity (Wildman–Crippen MR) is 36.7 cm³/mol. The molecule has 1 aromatic rings. The summed E-state index contributed by atoms with van der Waals surface area (Å²) in [6.07, 6.45) is -2.34. The summed E-state index contributed by atoms with van der Waals surface area (Å²) in [5, 5.41) is 8.25. The lowest BCUT2D eigenvalue weighted by molar-refractivity contribution is 0.140. The minimum Gasteiger partial charge on any atom is -0.356 e. The van der Waals surface area contributed by atoms with E-state index in [0.29, 0.717) is 0 Å². The number of aromatic amines is 1. The van der Waals surface area contributed by atoms with Crippen molar-refractivity contribution in [1.82, 2.24) is 4.98 Å². The molecular weight excluding hydrogens is 185 g/mol. The van der Waals surface area contributed by atoms with Crippen LogP contribution in [0.15, 0.2) is 11.0 Å². The van der Waals surface area contributed by atoms with Crippen molar-refractivity contribution < 1.29 is 13.2 Å². The molecule has 0 amide bonds. The molecule has 1 rings (SSSR count). The third-order valence-corrected chi connectivity index (χ3v) is 1.39. The van der Waals surface area contributed by atoms with Crippen molar-refractivity contribution in [2.45, 2.75) is 6.43 Å². The van der Waals surface area contributed by atoms with Crippen LogP contribution >= 0.6 is 0 Å². The standard InChI is InChI=1S/C7H3F3N2O/c8-4-5(7(9)10)12-2-3(1-11)6(4)13/h2,7H,(H,12,13). The highest BCUT2D eigenvalue weighted by atomic mass is 19.3. The van der Waals surface area contributed by atoms with Crippen molar-refractivity contribution in [3.05, 3.63) is 33.5 Å². The maximum atomic E-state index is 12.7. The van der Waals surface area contributed by atoms with Crippen LogP contribution in [-0.4, -0.2) is 4.98 Å². The highest BCUT2D eigenvalue weighted by molar-refractivity contribution is 5.28. The van der Waals surface area contributed by atoms with Gasteiger partial charge in [0.2, 0.25) is 5.43 Å². The number of halogens is 3. The fourth-order valence-corrected chi connectivity index (χ4v) is 0.761. The first-order chi connectivity index (χ1) is 6.07. The second-order valence-electron chi connectivity index (χ2n) is 2.17. The van der Waals surface area contributed by atoms with Gasteiger partial charge in [0.25, 0.3) is 6.43 Å². The largest absolute Gasteiger partial charge is 0.356 e. The zero-order chi connectivity index (χ0) is 10.0. The van der Waals surface area contributed by atoms with E-state index in [2.05, 4.69) is 0 Å². The Labute approximate surface area is 70.4 Å². The Morgan fingerprint density at radius 3 is 2.62 bits per heavy atom. The molecule has 1 N–H and O–H groups in total. The topological polar surface area (TPSA) is 56.6 Å². The van der Waals surface area contributed by atoms with Gasteiger partial charge in [0.05, 0.1) is 0 Å². The van der Waals surface area contributed by atoms with Gasteiger partial charge in [0.1, 0.15) is 17.3 Å². The van der Waals surface area contributed by atoms with Gasteiger partial charge in [-0.1, -0.05) is 0 Å². The van der Waals surface area contributed by atoms with E-state index >= 15 is 0 Å². The van der Waals surface area contributed by atoms with E-state index in [0.717, 1.165) is 6.20 Å². The van der Waals surface area contributed by atoms with Gasteiger partial charge in [-0.15, -0.1) is 0 Å². The van der Waals surface area contributed by atoms with Gasteiger partial charge >= 0.3 is 0 Å². The van der Waals surface area contributed by atoms with Crippen LogP contribution in [0.5, 0.6) is 0 Å². The average molecular weight is 188 g/mol. The Bertz CT molecular complexity index is 419. The van der Waals surface area contributed by atoms with Crippen molar-refractivity contribution in [3.63, 3.8) is 0 Å². The second kappa shape index (κ2) is 3.31. The van der Waals surface area contributed by atoms with Gasteiger partial charge in [-0.25, -0.2) is 13.2 Å².